The lowest BCUT2D eigenvalue weighted by molar-refractivity contribution is -0.160. The van der Waals surface area contributed by atoms with Crippen molar-refractivity contribution in [3.63, 3.8) is 0 Å². The van der Waals surface area contributed by atoms with Crippen LogP contribution in [-0.2, 0) is 23.8 Å². The van der Waals surface area contributed by atoms with Crippen LogP contribution in [0.15, 0.2) is 54.5 Å². The van der Waals surface area contributed by atoms with Crippen molar-refractivity contribution in [3.8, 4) is 17.2 Å². The molecule has 2 aromatic carbocycles. The Labute approximate surface area is 330 Å². The highest BCUT2D eigenvalue weighted by Gasteiger charge is 2.50. The summed E-state index contributed by atoms with van der Waals surface area (Å²) >= 11 is 0. The zero-order valence-corrected chi connectivity index (χ0v) is 33.8. The minimum atomic E-state index is -1.96. The van der Waals surface area contributed by atoms with Gasteiger partial charge in [-0.15, -0.1) is 0 Å². The van der Waals surface area contributed by atoms with Crippen LogP contribution < -0.4 is 10.1 Å². The smallest absolute Gasteiger partial charge is 0.312 e. The molecule has 304 valence electrons. The largest absolute Gasteiger partial charge is 0.507 e. The van der Waals surface area contributed by atoms with Crippen molar-refractivity contribution in [3.05, 3.63) is 71.2 Å². The van der Waals surface area contributed by atoms with Gasteiger partial charge >= 0.3 is 11.8 Å². The first kappa shape index (κ1) is 41.2. The maximum Gasteiger partial charge on any atom is 0.312 e. The summed E-state index contributed by atoms with van der Waals surface area (Å²) in [7, 11) is 1.46. The number of benzene rings is 2. The maximum absolute atomic E-state index is 14.6. The van der Waals surface area contributed by atoms with Crippen LogP contribution in [0, 0.1) is 37.5 Å². The van der Waals surface area contributed by atoms with E-state index in [-0.39, 0.29) is 55.7 Å². The number of aromatic nitrogens is 2. The van der Waals surface area contributed by atoms with Crippen molar-refractivity contribution in [2.45, 2.75) is 92.5 Å². The average Bonchev–Trinajstić information content (AvgIpc) is 3.67. The Bertz CT molecular complexity index is 2380. The lowest BCUT2D eigenvalue weighted by Crippen LogP contribution is -2.46. The number of hydrogen-bond acceptors (Lipinski definition) is 12. The molecule has 6 rings (SSSR count). The van der Waals surface area contributed by atoms with Crippen LogP contribution in [0.3, 0.4) is 0 Å². The number of carbonyl (C=O) groups excluding carboxylic acids is 3. The number of esters is 1. The summed E-state index contributed by atoms with van der Waals surface area (Å²) < 4.78 is 25.5. The van der Waals surface area contributed by atoms with Gasteiger partial charge in [-0.2, -0.15) is 0 Å². The summed E-state index contributed by atoms with van der Waals surface area (Å²) in [6.07, 6.45) is 5.62. The number of hydrogen-bond donors (Lipinski definition) is 5. The fourth-order valence-electron chi connectivity index (χ4n) is 8.03. The van der Waals surface area contributed by atoms with Gasteiger partial charge in [-0.3, -0.25) is 18.8 Å². The molecular weight excluding hydrogens is 734 g/mol. The number of ether oxygens (including phenoxy) is 4. The standard InChI is InChI=1S/C43H51N3O11/c1-19-14-16-46-28(18-19)44-32-29-30-37(50)25(7)40-31(29)41(52)43(9,57-40)55-17-15-27(54-10)22(4)39(56-26(8)47)24(6)36(49)23(5)35(48)20(2)12-11-13-21(3)42(53)45-33(34(32)46)38(30)51/h11-18,20,22-24,27,35-36,39,48-51H,1-10H3,(H,45,53)/b12-11+,17-15+,21-13-/t20-,22+,23+,24+,27-,35?,36+,39?,43-/m0/s1. The van der Waals surface area contributed by atoms with Crippen molar-refractivity contribution in [2.24, 2.45) is 23.7 Å². The van der Waals surface area contributed by atoms with E-state index < -0.39 is 77.3 Å². The van der Waals surface area contributed by atoms with Gasteiger partial charge in [-0.1, -0.05) is 45.9 Å². The first-order chi connectivity index (χ1) is 26.8. The number of pyridine rings is 1. The second kappa shape index (κ2) is 15.5. The monoisotopic (exact) mass is 785 g/mol. The van der Waals surface area contributed by atoms with E-state index in [1.807, 2.05) is 19.1 Å². The number of nitrogens with zero attached hydrogens (tertiary/aromatic N) is 2. The first-order valence-electron chi connectivity index (χ1n) is 19.0. The van der Waals surface area contributed by atoms with E-state index in [0.29, 0.717) is 5.65 Å². The highest BCUT2D eigenvalue weighted by molar-refractivity contribution is 6.28. The number of phenols is 2. The summed E-state index contributed by atoms with van der Waals surface area (Å²) in [6.45, 7) is 14.7. The third-order valence-electron chi connectivity index (χ3n) is 11.5. The molecule has 0 saturated carbocycles. The number of carbonyl (C=O) groups is 3. The summed E-state index contributed by atoms with van der Waals surface area (Å²) in [5, 5.41) is 49.4. The lowest BCUT2D eigenvalue weighted by Gasteiger charge is -2.38. The minimum absolute atomic E-state index is 0.0185. The van der Waals surface area contributed by atoms with Crippen molar-refractivity contribution < 1.29 is 53.8 Å². The molecule has 2 aliphatic heterocycles. The van der Waals surface area contributed by atoms with E-state index in [0.717, 1.165) is 5.56 Å². The molecule has 57 heavy (non-hydrogen) atoms. The van der Waals surface area contributed by atoms with Crippen LogP contribution in [0.4, 0.5) is 5.69 Å². The first-order valence-corrected chi connectivity index (χ1v) is 19.0. The van der Waals surface area contributed by atoms with E-state index >= 15 is 0 Å². The van der Waals surface area contributed by atoms with E-state index in [1.165, 1.54) is 40.2 Å². The number of rotatable bonds is 2. The van der Waals surface area contributed by atoms with Gasteiger partial charge in [0.05, 0.1) is 35.5 Å². The van der Waals surface area contributed by atoms with Gasteiger partial charge in [0.25, 0.3) is 11.7 Å². The second-order valence-electron chi connectivity index (χ2n) is 15.6. The number of phenolic OH excluding ortho intramolecular Hbond substituents is 2. The number of imidazole rings is 1. The molecule has 4 heterocycles. The molecule has 0 saturated heterocycles. The van der Waals surface area contributed by atoms with E-state index in [2.05, 4.69) is 5.32 Å². The number of ketones is 1. The van der Waals surface area contributed by atoms with Crippen molar-refractivity contribution >= 4 is 50.8 Å². The fraction of sp³-hybridized carbons (Fsp3) is 0.442. The molecule has 4 aromatic rings. The predicted molar refractivity (Wildman–Crippen MR) is 213 cm³/mol. The van der Waals surface area contributed by atoms with Gasteiger partial charge in [0.1, 0.15) is 40.0 Å². The van der Waals surface area contributed by atoms with E-state index in [9.17, 15) is 34.8 Å². The SMILES string of the molecule is CO[C@H]1/C=C/O[C@@]2(C)Oc3c(C)c(O)c4c(O)c(c5c(nc6cc(C)ccn65)c4c3C2=O)NC(=O)/C(C)=C\C=C\[C@H](C)C(O)[C@@H](C)[C@@H](O)[C@@H](C)C(OC(C)=O)[C@@H]1C. The number of Topliss-reactive ketones (excluding diaryl/α,β-unsaturated/α-hetero) is 1. The Balaban J connectivity index is 1.58. The minimum Gasteiger partial charge on any atom is -0.507 e. The molecule has 0 fully saturated rings. The van der Waals surface area contributed by atoms with Crippen molar-refractivity contribution in [1.82, 2.24) is 9.38 Å². The molecule has 2 aliphatic rings. The third-order valence-corrected chi connectivity index (χ3v) is 11.5. The molecule has 1 amide bonds. The highest BCUT2D eigenvalue weighted by Crippen LogP contribution is 2.54. The van der Waals surface area contributed by atoms with Crippen LogP contribution >= 0.6 is 0 Å². The van der Waals surface area contributed by atoms with Crippen LogP contribution in [0.2, 0.25) is 0 Å². The number of aliphatic hydroxyl groups is 2. The molecule has 14 heteroatoms. The number of aromatic hydroxyl groups is 2. The number of amides is 1. The summed E-state index contributed by atoms with van der Waals surface area (Å²) in [4.78, 5) is 45.6. The number of fused-ring (bicyclic) bond motifs is 2. The number of nitrogens with one attached hydrogen (secondary N) is 1. The number of aryl methyl sites for hydroxylation is 1. The van der Waals surface area contributed by atoms with Gasteiger partial charge in [-0.05, 0) is 44.5 Å². The highest BCUT2D eigenvalue weighted by atomic mass is 16.7. The molecule has 4 bridgehead atoms. The molecule has 2 aromatic heterocycles. The molecule has 0 radical (unpaired) electrons. The fourth-order valence-corrected chi connectivity index (χ4v) is 8.03. The molecule has 14 nitrogen and oxygen atoms in total. The molecule has 5 N–H and O–H groups in total. The van der Waals surface area contributed by atoms with Gasteiger partial charge in [0, 0.05) is 67.3 Å². The van der Waals surface area contributed by atoms with Crippen LogP contribution in [0.1, 0.15) is 70.0 Å². The molecule has 0 aliphatic carbocycles. The Morgan fingerprint density at radius 3 is 2.35 bits per heavy atom. The van der Waals surface area contributed by atoms with Crippen LogP contribution in [0.5, 0.6) is 17.2 Å². The molecule has 9 atom stereocenters. The Morgan fingerprint density at radius 1 is 0.982 bits per heavy atom. The average molecular weight is 786 g/mol. The number of aliphatic hydroxyl groups excluding tert-OH is 2. The van der Waals surface area contributed by atoms with Gasteiger partial charge in [0.2, 0.25) is 0 Å². The van der Waals surface area contributed by atoms with Gasteiger partial charge in [0.15, 0.2) is 5.75 Å². The lowest BCUT2D eigenvalue weighted by atomic mass is 9.78. The third kappa shape index (κ3) is 7.10. The zero-order chi connectivity index (χ0) is 41.8. The molecular formula is C43H51N3O11. The predicted octanol–water partition coefficient (Wildman–Crippen LogP) is 6.16. The zero-order valence-electron chi connectivity index (χ0n) is 33.8. The molecule has 2 unspecified atom stereocenters. The summed E-state index contributed by atoms with van der Waals surface area (Å²) in [6, 6.07) is 3.64. The van der Waals surface area contributed by atoms with E-state index in [4.69, 9.17) is 23.9 Å². The quantitative estimate of drug-likeness (QED) is 0.115. The van der Waals surface area contributed by atoms with Crippen LogP contribution in [-0.4, -0.2) is 84.8 Å². The number of allylic oxidation sites excluding steroid dienone is 2. The van der Waals surface area contributed by atoms with Crippen molar-refractivity contribution in [1.29, 1.82) is 0 Å². The summed E-state index contributed by atoms with van der Waals surface area (Å²) in [5.41, 5.74) is 2.18. The van der Waals surface area contributed by atoms with Gasteiger partial charge < -0.3 is 44.7 Å². The number of anilines is 1. The number of methoxy groups -OCH3 is 1. The van der Waals surface area contributed by atoms with Crippen LogP contribution in [0.25, 0.3) is 27.5 Å². The van der Waals surface area contributed by atoms with Gasteiger partial charge in [-0.25, -0.2) is 4.98 Å². The maximum atomic E-state index is 14.6. The Kier molecular flexibility index (Phi) is 11.2. The summed E-state index contributed by atoms with van der Waals surface area (Å²) in [5.74, 6) is -6.96. The van der Waals surface area contributed by atoms with E-state index in [1.54, 1.807) is 63.4 Å². The normalized spacial score (nSPS) is 30.8. The second-order valence-corrected chi connectivity index (χ2v) is 15.6. The van der Waals surface area contributed by atoms with Crippen molar-refractivity contribution in [2.75, 3.05) is 12.4 Å². The molecule has 0 spiro atoms. The topological polar surface area (TPSA) is 198 Å². The Morgan fingerprint density at radius 2 is 1.68 bits per heavy atom. The Hall–Kier alpha value is -5.44.